The van der Waals surface area contributed by atoms with Gasteiger partial charge in [-0.3, -0.25) is 9.59 Å². The molecule has 0 aliphatic heterocycles. The van der Waals surface area contributed by atoms with E-state index in [1.165, 1.54) is 6.92 Å². The van der Waals surface area contributed by atoms with Crippen molar-refractivity contribution in [2.75, 3.05) is 11.9 Å². The highest BCUT2D eigenvalue weighted by Gasteiger charge is 2.24. The molecule has 0 aromatic heterocycles. The largest absolute Gasteiger partial charge is 0.457 e. The Morgan fingerprint density at radius 2 is 1.40 bits per heavy atom. The number of carbonyl (C=O) groups excluding carboxylic acids is 3. The summed E-state index contributed by atoms with van der Waals surface area (Å²) >= 11 is 0. The van der Waals surface area contributed by atoms with Crippen LogP contribution in [-0.4, -0.2) is 30.2 Å². The second-order valence-electron chi connectivity index (χ2n) is 8.30. The Morgan fingerprint density at radius 3 is 2.03 bits per heavy atom. The van der Waals surface area contributed by atoms with Crippen molar-refractivity contribution in [1.82, 2.24) is 5.32 Å². The van der Waals surface area contributed by atoms with Crippen LogP contribution >= 0.6 is 0 Å². The minimum absolute atomic E-state index is 0.0194. The summed E-state index contributed by atoms with van der Waals surface area (Å²) in [5.74, 6) is -0.0998. The van der Waals surface area contributed by atoms with E-state index in [0.717, 1.165) is 5.56 Å². The molecule has 2 unspecified atom stereocenters. The molecule has 35 heavy (non-hydrogen) atoms. The summed E-state index contributed by atoms with van der Waals surface area (Å²) in [7, 11) is 0. The highest BCUT2D eigenvalue weighted by molar-refractivity contribution is 5.98. The van der Waals surface area contributed by atoms with Crippen LogP contribution in [-0.2, 0) is 25.7 Å². The van der Waals surface area contributed by atoms with Gasteiger partial charge in [-0.25, -0.2) is 0 Å². The molecule has 3 aromatic rings. The Labute approximate surface area is 205 Å². The molecule has 0 bridgehead atoms. The lowest BCUT2D eigenvalue weighted by Gasteiger charge is -2.21. The van der Waals surface area contributed by atoms with Gasteiger partial charge in [-0.1, -0.05) is 55.5 Å². The van der Waals surface area contributed by atoms with Gasteiger partial charge in [0.25, 0.3) is 0 Å². The molecule has 182 valence electrons. The van der Waals surface area contributed by atoms with Gasteiger partial charge in [0, 0.05) is 18.0 Å². The first kappa shape index (κ1) is 25.6. The number of amides is 2. The van der Waals surface area contributed by atoms with Crippen LogP contribution in [0, 0.1) is 5.92 Å². The first-order chi connectivity index (χ1) is 16.9. The van der Waals surface area contributed by atoms with Crippen LogP contribution in [0.1, 0.15) is 25.8 Å². The number of ketones is 1. The number of para-hydroxylation sites is 1. The zero-order valence-electron chi connectivity index (χ0n) is 19.9. The van der Waals surface area contributed by atoms with Gasteiger partial charge < -0.3 is 24.9 Å². The van der Waals surface area contributed by atoms with Gasteiger partial charge in [-0.15, -0.1) is 0 Å². The Bertz CT molecular complexity index is 1100. The molecule has 0 aliphatic carbocycles. The van der Waals surface area contributed by atoms with Crippen molar-refractivity contribution in [2.24, 2.45) is 5.92 Å². The maximum atomic E-state index is 13.0. The number of Topliss-reactive ketones (excluding diaryl/α,β-unsaturated/α-hetero) is 1. The first-order valence-corrected chi connectivity index (χ1v) is 11.5. The average Bonchev–Trinajstić information content (AvgIpc) is 2.85. The van der Waals surface area contributed by atoms with Crippen LogP contribution in [0.15, 0.2) is 84.9 Å². The van der Waals surface area contributed by atoms with Crippen molar-refractivity contribution < 1.29 is 23.9 Å². The molecule has 0 heterocycles. The summed E-state index contributed by atoms with van der Waals surface area (Å²) in [5, 5.41) is 5.53. The van der Waals surface area contributed by atoms with Crippen molar-refractivity contribution in [3.05, 3.63) is 90.5 Å². The van der Waals surface area contributed by atoms with Gasteiger partial charge in [-0.2, -0.15) is 0 Å². The fraction of sp³-hybridized carbons (Fsp3) is 0.250. The minimum Gasteiger partial charge on any atom is -0.457 e. The quantitative estimate of drug-likeness (QED) is 0.396. The monoisotopic (exact) mass is 474 g/mol. The van der Waals surface area contributed by atoms with Crippen molar-refractivity contribution in [1.29, 1.82) is 0 Å². The zero-order chi connectivity index (χ0) is 25.0. The van der Waals surface area contributed by atoms with Gasteiger partial charge in [0.2, 0.25) is 11.8 Å². The standard InChI is InChI=1S/C28H30N2O5/c1-20(17-21(2)31)27(32)30-26(19-34-18-22-9-5-3-6-10-22)28(33)29-23-13-15-25(16-14-23)35-24-11-7-4-8-12-24/h3-16,20,26H,17-19H2,1-2H3,(H,29,33)(H,30,32). The van der Waals surface area contributed by atoms with Crippen LogP contribution in [0.5, 0.6) is 11.5 Å². The first-order valence-electron chi connectivity index (χ1n) is 11.5. The number of anilines is 1. The lowest BCUT2D eigenvalue weighted by molar-refractivity contribution is -0.132. The van der Waals surface area contributed by atoms with E-state index >= 15 is 0 Å². The molecular formula is C28H30N2O5. The smallest absolute Gasteiger partial charge is 0.249 e. The fourth-order valence-electron chi connectivity index (χ4n) is 3.35. The predicted octanol–water partition coefficient (Wildman–Crippen LogP) is 4.73. The van der Waals surface area contributed by atoms with Crippen LogP contribution < -0.4 is 15.4 Å². The summed E-state index contributed by atoms with van der Waals surface area (Å²) < 4.78 is 11.5. The number of benzene rings is 3. The minimum atomic E-state index is -0.930. The molecule has 0 saturated carbocycles. The molecule has 7 heteroatoms. The third-order valence-corrected chi connectivity index (χ3v) is 5.17. The Kier molecular flexibility index (Phi) is 9.57. The molecule has 0 radical (unpaired) electrons. The van der Waals surface area contributed by atoms with E-state index in [4.69, 9.17) is 9.47 Å². The van der Waals surface area contributed by atoms with E-state index < -0.39 is 17.9 Å². The van der Waals surface area contributed by atoms with E-state index in [1.807, 2.05) is 60.7 Å². The van der Waals surface area contributed by atoms with Crippen LogP contribution in [0.4, 0.5) is 5.69 Å². The lowest BCUT2D eigenvalue weighted by atomic mass is 10.0. The van der Waals surface area contributed by atoms with E-state index in [2.05, 4.69) is 10.6 Å². The second-order valence-corrected chi connectivity index (χ2v) is 8.30. The molecule has 2 amide bonds. The number of hydrogen-bond acceptors (Lipinski definition) is 5. The highest BCUT2D eigenvalue weighted by Crippen LogP contribution is 2.22. The third-order valence-electron chi connectivity index (χ3n) is 5.17. The molecular weight excluding hydrogens is 444 g/mol. The van der Waals surface area contributed by atoms with Crippen molar-refractivity contribution in [3.8, 4) is 11.5 Å². The molecule has 0 aliphatic rings. The predicted molar refractivity (Wildman–Crippen MR) is 134 cm³/mol. The number of hydrogen-bond donors (Lipinski definition) is 2. The topological polar surface area (TPSA) is 93.7 Å². The Hall–Kier alpha value is -3.97. The maximum Gasteiger partial charge on any atom is 0.249 e. The van der Waals surface area contributed by atoms with Crippen LogP contribution in [0.25, 0.3) is 0 Å². The molecule has 2 atom stereocenters. The van der Waals surface area contributed by atoms with Gasteiger partial charge in [-0.05, 0) is 48.9 Å². The summed E-state index contributed by atoms with van der Waals surface area (Å²) in [6.07, 6.45) is 0.105. The number of nitrogens with one attached hydrogen (secondary N) is 2. The number of ether oxygens (including phenoxy) is 2. The molecule has 3 aromatic carbocycles. The van der Waals surface area contributed by atoms with E-state index in [9.17, 15) is 14.4 Å². The summed E-state index contributed by atoms with van der Waals surface area (Å²) in [6, 6.07) is 24.9. The number of rotatable bonds is 12. The van der Waals surface area contributed by atoms with Crippen molar-refractivity contribution in [2.45, 2.75) is 32.9 Å². The lowest BCUT2D eigenvalue weighted by Crippen LogP contribution is -2.48. The molecule has 0 saturated heterocycles. The molecule has 0 fully saturated rings. The molecule has 7 nitrogen and oxygen atoms in total. The second kappa shape index (κ2) is 13.1. The van der Waals surface area contributed by atoms with E-state index in [0.29, 0.717) is 23.8 Å². The highest BCUT2D eigenvalue weighted by atomic mass is 16.5. The van der Waals surface area contributed by atoms with Crippen molar-refractivity contribution >= 4 is 23.3 Å². The van der Waals surface area contributed by atoms with Crippen molar-refractivity contribution in [3.63, 3.8) is 0 Å². The van der Waals surface area contributed by atoms with Gasteiger partial charge in [0.1, 0.15) is 23.3 Å². The van der Waals surface area contributed by atoms with Gasteiger partial charge in [0.05, 0.1) is 13.2 Å². The summed E-state index contributed by atoms with van der Waals surface area (Å²) in [6.45, 7) is 3.37. The fourth-order valence-corrected chi connectivity index (χ4v) is 3.35. The van der Waals surface area contributed by atoms with Crippen LogP contribution in [0.3, 0.4) is 0 Å². The Morgan fingerprint density at radius 1 is 0.800 bits per heavy atom. The normalized spacial score (nSPS) is 12.3. The van der Waals surface area contributed by atoms with E-state index in [1.54, 1.807) is 31.2 Å². The van der Waals surface area contributed by atoms with Gasteiger partial charge in [0.15, 0.2) is 0 Å². The summed E-state index contributed by atoms with van der Waals surface area (Å²) in [4.78, 5) is 37.0. The van der Waals surface area contributed by atoms with E-state index in [-0.39, 0.29) is 24.7 Å². The summed E-state index contributed by atoms with van der Waals surface area (Å²) in [5.41, 5.74) is 1.51. The average molecular weight is 475 g/mol. The van der Waals surface area contributed by atoms with Crippen LogP contribution in [0.2, 0.25) is 0 Å². The van der Waals surface area contributed by atoms with Gasteiger partial charge >= 0.3 is 0 Å². The molecule has 0 spiro atoms. The Balaban J connectivity index is 1.62. The SMILES string of the molecule is CC(=O)CC(C)C(=O)NC(COCc1ccccc1)C(=O)Nc1ccc(Oc2ccccc2)cc1. The number of carbonyl (C=O) groups is 3. The zero-order valence-corrected chi connectivity index (χ0v) is 19.9. The maximum absolute atomic E-state index is 13.0. The third kappa shape index (κ3) is 8.72. The molecule has 2 N–H and O–H groups in total. The molecule has 3 rings (SSSR count).